The van der Waals surface area contributed by atoms with Crippen LogP contribution < -0.4 is 4.87 Å². The fourth-order valence-electron chi connectivity index (χ4n) is 2.17. The van der Waals surface area contributed by atoms with E-state index in [1.807, 2.05) is 0 Å². The number of carboxylic acids is 1. The number of thiazole rings is 1. The first-order chi connectivity index (χ1) is 8.16. The van der Waals surface area contributed by atoms with Crippen LogP contribution in [0.1, 0.15) is 10.6 Å². The zero-order chi connectivity index (χ0) is 12.0. The lowest BCUT2D eigenvalue weighted by atomic mass is 10.0. The van der Waals surface area contributed by atoms with Crippen LogP contribution in [0, 0.1) is 0 Å². The fourth-order valence-corrected chi connectivity index (χ4v) is 3.16. The molecule has 2 aromatic rings. The molecule has 6 heteroatoms. The summed E-state index contributed by atoms with van der Waals surface area (Å²) in [4.78, 5) is 23.3. The quantitative estimate of drug-likeness (QED) is 0.874. The Hall–Kier alpha value is -1.82. The molecule has 0 aromatic carbocycles. The summed E-state index contributed by atoms with van der Waals surface area (Å²) in [5.41, 5.74) is 1.57. The SMILES string of the molecule is O=C(O)Cn1c2c(sc1=O)CCc1occc1-2. The van der Waals surface area contributed by atoms with E-state index in [0.717, 1.165) is 46.1 Å². The largest absolute Gasteiger partial charge is 0.480 e. The highest BCUT2D eigenvalue weighted by atomic mass is 32.1. The van der Waals surface area contributed by atoms with Crippen LogP contribution in [-0.2, 0) is 24.2 Å². The molecular weight excluding hydrogens is 242 g/mol. The van der Waals surface area contributed by atoms with Crippen molar-refractivity contribution in [3.8, 4) is 11.3 Å². The summed E-state index contributed by atoms with van der Waals surface area (Å²) in [7, 11) is 0. The van der Waals surface area contributed by atoms with Crippen molar-refractivity contribution in [3.05, 3.63) is 32.6 Å². The summed E-state index contributed by atoms with van der Waals surface area (Å²) < 4.78 is 6.64. The summed E-state index contributed by atoms with van der Waals surface area (Å²) in [6, 6.07) is 1.79. The number of hydrogen-bond donors (Lipinski definition) is 1. The van der Waals surface area contributed by atoms with Gasteiger partial charge in [-0.2, -0.15) is 0 Å². The summed E-state index contributed by atoms with van der Waals surface area (Å²) in [5, 5.41) is 8.83. The van der Waals surface area contributed by atoms with E-state index in [-0.39, 0.29) is 11.4 Å². The van der Waals surface area contributed by atoms with Gasteiger partial charge in [-0.3, -0.25) is 14.2 Å². The van der Waals surface area contributed by atoms with Gasteiger partial charge in [0.2, 0.25) is 0 Å². The summed E-state index contributed by atoms with van der Waals surface area (Å²) in [6.07, 6.45) is 3.08. The Kier molecular flexibility index (Phi) is 2.19. The van der Waals surface area contributed by atoms with Crippen LogP contribution in [-0.4, -0.2) is 15.6 Å². The van der Waals surface area contributed by atoms with Crippen molar-refractivity contribution in [2.75, 3.05) is 0 Å². The lowest BCUT2D eigenvalue weighted by Crippen LogP contribution is -2.20. The Morgan fingerprint density at radius 2 is 2.35 bits per heavy atom. The summed E-state index contributed by atoms with van der Waals surface area (Å²) >= 11 is 1.13. The maximum absolute atomic E-state index is 11.8. The predicted molar refractivity (Wildman–Crippen MR) is 61.3 cm³/mol. The fraction of sp³-hybridized carbons (Fsp3) is 0.273. The molecule has 17 heavy (non-hydrogen) atoms. The van der Waals surface area contributed by atoms with Crippen molar-refractivity contribution in [2.24, 2.45) is 0 Å². The second-order valence-electron chi connectivity index (χ2n) is 3.88. The first kappa shape index (κ1) is 10.3. The Labute approximate surface area is 99.9 Å². The normalized spacial score (nSPS) is 13.2. The molecule has 0 aliphatic heterocycles. The lowest BCUT2D eigenvalue weighted by Gasteiger charge is -2.12. The summed E-state index contributed by atoms with van der Waals surface area (Å²) in [5.74, 6) is -0.183. The second kappa shape index (κ2) is 3.59. The van der Waals surface area contributed by atoms with Crippen LogP contribution in [0.15, 0.2) is 21.5 Å². The molecule has 0 atom stereocenters. The molecule has 0 spiro atoms. The van der Waals surface area contributed by atoms with Gasteiger partial charge in [0.05, 0.1) is 12.0 Å². The van der Waals surface area contributed by atoms with E-state index in [1.54, 1.807) is 12.3 Å². The Morgan fingerprint density at radius 3 is 3.12 bits per heavy atom. The van der Waals surface area contributed by atoms with E-state index >= 15 is 0 Å². The average Bonchev–Trinajstić information content (AvgIpc) is 2.83. The average molecular weight is 251 g/mol. The van der Waals surface area contributed by atoms with E-state index < -0.39 is 5.97 Å². The minimum atomic E-state index is -1.01. The van der Waals surface area contributed by atoms with Crippen LogP contribution in [0.3, 0.4) is 0 Å². The topological polar surface area (TPSA) is 72.4 Å². The number of aryl methyl sites for hydroxylation is 2. The molecular formula is C11H9NO4S. The van der Waals surface area contributed by atoms with E-state index in [2.05, 4.69) is 0 Å². The number of nitrogens with zero attached hydrogens (tertiary/aromatic N) is 1. The maximum atomic E-state index is 11.8. The Morgan fingerprint density at radius 1 is 1.53 bits per heavy atom. The third kappa shape index (κ3) is 1.52. The van der Waals surface area contributed by atoms with Gasteiger partial charge in [0.25, 0.3) is 0 Å². The van der Waals surface area contributed by atoms with Gasteiger partial charge < -0.3 is 9.52 Å². The van der Waals surface area contributed by atoms with Gasteiger partial charge in [0.1, 0.15) is 12.3 Å². The van der Waals surface area contributed by atoms with Crippen LogP contribution in [0.4, 0.5) is 0 Å². The van der Waals surface area contributed by atoms with Crippen LogP contribution in [0.2, 0.25) is 0 Å². The third-order valence-electron chi connectivity index (χ3n) is 2.84. The van der Waals surface area contributed by atoms with E-state index in [1.165, 1.54) is 4.57 Å². The monoisotopic (exact) mass is 251 g/mol. The van der Waals surface area contributed by atoms with Crippen molar-refractivity contribution >= 4 is 17.3 Å². The molecule has 0 saturated carbocycles. The number of aromatic nitrogens is 1. The molecule has 0 fully saturated rings. The van der Waals surface area contributed by atoms with Gasteiger partial charge in [-0.05, 0) is 12.5 Å². The van der Waals surface area contributed by atoms with E-state index in [9.17, 15) is 9.59 Å². The molecule has 1 aliphatic rings. The maximum Gasteiger partial charge on any atom is 0.323 e. The highest BCUT2D eigenvalue weighted by molar-refractivity contribution is 7.09. The molecule has 2 aromatic heterocycles. The van der Waals surface area contributed by atoms with Gasteiger partial charge in [-0.25, -0.2) is 0 Å². The molecule has 88 valence electrons. The van der Waals surface area contributed by atoms with Crippen molar-refractivity contribution < 1.29 is 14.3 Å². The molecule has 0 unspecified atom stereocenters. The Balaban J connectivity index is 2.23. The van der Waals surface area contributed by atoms with Gasteiger partial charge in [0.15, 0.2) is 0 Å². The molecule has 1 aliphatic carbocycles. The highest BCUT2D eigenvalue weighted by Gasteiger charge is 2.25. The molecule has 0 saturated heterocycles. The molecule has 0 amide bonds. The van der Waals surface area contributed by atoms with Crippen molar-refractivity contribution in [1.82, 2.24) is 4.57 Å². The third-order valence-corrected chi connectivity index (χ3v) is 3.88. The number of carbonyl (C=O) groups is 1. The van der Waals surface area contributed by atoms with Gasteiger partial charge in [-0.15, -0.1) is 0 Å². The van der Waals surface area contributed by atoms with Gasteiger partial charge in [0, 0.05) is 16.9 Å². The standard InChI is InChI=1S/C11H9NO4S/c13-9(14)5-12-10-6-3-4-16-7(6)1-2-8(10)17-11(12)15/h3-4H,1-2,5H2,(H,13,14). The Bertz CT molecular complexity index is 649. The number of rotatable bonds is 2. The minimum Gasteiger partial charge on any atom is -0.480 e. The molecule has 0 radical (unpaired) electrons. The molecule has 5 nitrogen and oxygen atoms in total. The van der Waals surface area contributed by atoms with E-state index in [4.69, 9.17) is 9.52 Å². The van der Waals surface area contributed by atoms with Crippen LogP contribution >= 0.6 is 11.3 Å². The van der Waals surface area contributed by atoms with Crippen LogP contribution in [0.25, 0.3) is 11.3 Å². The number of hydrogen-bond acceptors (Lipinski definition) is 4. The predicted octanol–water partition coefficient (Wildman–Crippen LogP) is 1.35. The first-order valence-corrected chi connectivity index (χ1v) is 5.99. The zero-order valence-electron chi connectivity index (χ0n) is 8.80. The van der Waals surface area contributed by atoms with Crippen LogP contribution in [0.5, 0.6) is 0 Å². The lowest BCUT2D eigenvalue weighted by molar-refractivity contribution is -0.137. The van der Waals surface area contributed by atoms with Gasteiger partial charge in [-0.1, -0.05) is 11.3 Å². The number of fused-ring (bicyclic) bond motifs is 3. The van der Waals surface area contributed by atoms with E-state index in [0.29, 0.717) is 0 Å². The highest BCUT2D eigenvalue weighted by Crippen LogP contribution is 2.35. The molecule has 2 heterocycles. The minimum absolute atomic E-state index is 0.216. The second-order valence-corrected chi connectivity index (χ2v) is 4.92. The molecule has 3 rings (SSSR count). The number of aliphatic carboxylic acids is 1. The number of furan rings is 1. The molecule has 1 N–H and O–H groups in total. The summed E-state index contributed by atoms with van der Waals surface area (Å²) in [6.45, 7) is -0.296. The smallest absolute Gasteiger partial charge is 0.323 e. The zero-order valence-corrected chi connectivity index (χ0v) is 9.62. The first-order valence-electron chi connectivity index (χ1n) is 5.18. The van der Waals surface area contributed by atoms with Crippen molar-refractivity contribution in [2.45, 2.75) is 19.4 Å². The number of carboxylic acid groups (broad SMARTS) is 1. The van der Waals surface area contributed by atoms with Crippen molar-refractivity contribution in [3.63, 3.8) is 0 Å². The molecule has 0 bridgehead atoms. The van der Waals surface area contributed by atoms with Gasteiger partial charge >= 0.3 is 10.8 Å². The van der Waals surface area contributed by atoms with Crippen molar-refractivity contribution in [1.29, 1.82) is 0 Å².